The normalized spacial score (nSPS) is 13.5. The summed E-state index contributed by atoms with van der Waals surface area (Å²) in [4.78, 5) is 22.6. The Morgan fingerprint density at radius 3 is 2.87 bits per heavy atom. The molecule has 3 N–H and O–H groups in total. The van der Waals surface area contributed by atoms with Crippen molar-refractivity contribution in [3.8, 4) is 0 Å². The number of carbonyl (C=O) groups is 1. The molecule has 1 aliphatic heterocycles. The molecule has 2 heterocycles. The van der Waals surface area contributed by atoms with Crippen LogP contribution < -0.4 is 16.2 Å². The van der Waals surface area contributed by atoms with E-state index >= 15 is 0 Å². The van der Waals surface area contributed by atoms with Crippen molar-refractivity contribution in [1.29, 1.82) is 0 Å². The van der Waals surface area contributed by atoms with Gasteiger partial charge < -0.3 is 5.32 Å². The maximum atomic E-state index is 11.4. The molecule has 0 saturated heterocycles. The second-order valence-electron chi connectivity index (χ2n) is 3.21. The molecular weight excluding hydrogens is 196 g/mol. The minimum absolute atomic E-state index is 0.270. The number of carbonyl (C=O) groups excluding carboxylic acids is 1. The zero-order valence-corrected chi connectivity index (χ0v) is 7.50. The number of aromatic amines is 1. The number of H-pyrrole nitrogens is 1. The molecular formula is C9H6N4O2. The van der Waals surface area contributed by atoms with Crippen molar-refractivity contribution < 1.29 is 4.79 Å². The highest BCUT2D eigenvalue weighted by Crippen LogP contribution is 2.29. The Bertz CT molecular complexity index is 617. The Kier molecular flexibility index (Phi) is 1.37. The zero-order valence-electron chi connectivity index (χ0n) is 7.50. The van der Waals surface area contributed by atoms with Crippen molar-refractivity contribution in [3.05, 3.63) is 28.6 Å². The fraction of sp³-hybridized carbons (Fsp3) is 0. The van der Waals surface area contributed by atoms with Crippen LogP contribution in [0.4, 0.5) is 16.3 Å². The van der Waals surface area contributed by atoms with E-state index in [4.69, 9.17) is 0 Å². The van der Waals surface area contributed by atoms with Crippen LogP contribution in [0, 0.1) is 0 Å². The number of hydrogen-bond acceptors (Lipinski definition) is 3. The summed E-state index contributed by atoms with van der Waals surface area (Å²) in [6.07, 6.45) is 0. The number of anilines is 2. The van der Waals surface area contributed by atoms with E-state index in [-0.39, 0.29) is 11.6 Å². The molecule has 0 aliphatic carbocycles. The Morgan fingerprint density at radius 1 is 1.13 bits per heavy atom. The first kappa shape index (κ1) is 7.98. The van der Waals surface area contributed by atoms with Crippen LogP contribution in [-0.2, 0) is 0 Å². The van der Waals surface area contributed by atoms with E-state index in [0.29, 0.717) is 22.3 Å². The molecule has 0 bridgehead atoms. The van der Waals surface area contributed by atoms with Crippen molar-refractivity contribution in [2.75, 3.05) is 10.6 Å². The standard InChI is InChI=1S/C9H6N4O2/c14-8-4-2-1-3-5-6(4)7(12-13-8)11-9(15)10-5/h1-3H,(H,13,14)(H2,10,11,12,15). The van der Waals surface area contributed by atoms with Crippen LogP contribution >= 0.6 is 0 Å². The van der Waals surface area contributed by atoms with Crippen LogP contribution in [-0.4, -0.2) is 16.2 Å². The van der Waals surface area contributed by atoms with Crippen molar-refractivity contribution in [2.45, 2.75) is 0 Å². The largest absolute Gasteiger partial charge is 0.324 e. The van der Waals surface area contributed by atoms with E-state index in [1.54, 1.807) is 18.2 Å². The molecule has 74 valence electrons. The van der Waals surface area contributed by atoms with Gasteiger partial charge in [0.15, 0.2) is 5.82 Å². The smallest absolute Gasteiger partial charge is 0.307 e. The number of urea groups is 1. The van der Waals surface area contributed by atoms with Gasteiger partial charge in [-0.05, 0) is 12.1 Å². The van der Waals surface area contributed by atoms with Gasteiger partial charge in [-0.25, -0.2) is 9.89 Å². The van der Waals surface area contributed by atoms with E-state index in [1.807, 2.05) is 0 Å². The average Bonchev–Trinajstić information content (AvgIpc) is 2.23. The van der Waals surface area contributed by atoms with Gasteiger partial charge in [0, 0.05) is 0 Å². The summed E-state index contributed by atoms with van der Waals surface area (Å²) in [5.41, 5.74) is 0.332. The number of nitrogens with one attached hydrogen (secondary N) is 3. The number of benzene rings is 1. The third kappa shape index (κ3) is 1.01. The molecule has 3 rings (SSSR count). The highest BCUT2D eigenvalue weighted by atomic mass is 16.2. The van der Waals surface area contributed by atoms with Crippen molar-refractivity contribution >= 4 is 28.3 Å². The topological polar surface area (TPSA) is 86.9 Å². The van der Waals surface area contributed by atoms with Crippen LogP contribution in [0.3, 0.4) is 0 Å². The first-order valence-electron chi connectivity index (χ1n) is 4.35. The van der Waals surface area contributed by atoms with Gasteiger partial charge in [-0.15, -0.1) is 0 Å². The molecule has 1 aromatic heterocycles. The number of rotatable bonds is 0. The van der Waals surface area contributed by atoms with E-state index in [2.05, 4.69) is 20.8 Å². The van der Waals surface area contributed by atoms with Crippen molar-refractivity contribution in [1.82, 2.24) is 10.2 Å². The molecule has 2 aromatic rings. The minimum Gasteiger partial charge on any atom is -0.307 e. The molecule has 0 spiro atoms. The number of aromatic nitrogens is 2. The first-order chi connectivity index (χ1) is 7.25. The summed E-state index contributed by atoms with van der Waals surface area (Å²) >= 11 is 0. The lowest BCUT2D eigenvalue weighted by molar-refractivity contribution is 0.262. The summed E-state index contributed by atoms with van der Waals surface area (Å²) in [6, 6.07) is 4.77. The fourth-order valence-corrected chi connectivity index (χ4v) is 1.68. The van der Waals surface area contributed by atoms with Crippen LogP contribution in [0.2, 0.25) is 0 Å². The van der Waals surface area contributed by atoms with Gasteiger partial charge in [0.2, 0.25) is 0 Å². The summed E-state index contributed by atoms with van der Waals surface area (Å²) in [5.74, 6) is 0.379. The van der Waals surface area contributed by atoms with Gasteiger partial charge in [0.05, 0.1) is 16.5 Å². The maximum absolute atomic E-state index is 11.4. The lowest BCUT2D eigenvalue weighted by atomic mass is 10.1. The van der Waals surface area contributed by atoms with Crippen LogP contribution in [0.15, 0.2) is 23.0 Å². The summed E-state index contributed by atoms with van der Waals surface area (Å²) < 4.78 is 0. The van der Waals surface area contributed by atoms with Gasteiger partial charge in [0.1, 0.15) is 0 Å². The van der Waals surface area contributed by atoms with Gasteiger partial charge in [-0.2, -0.15) is 5.10 Å². The van der Waals surface area contributed by atoms with Gasteiger partial charge in [0.25, 0.3) is 5.56 Å². The molecule has 1 aliphatic rings. The summed E-state index contributed by atoms with van der Waals surface area (Å²) in [5, 5.41) is 12.4. The van der Waals surface area contributed by atoms with E-state index in [1.165, 1.54) is 0 Å². The molecule has 1 aromatic carbocycles. The Morgan fingerprint density at radius 2 is 2.00 bits per heavy atom. The predicted octanol–water partition coefficient (Wildman–Crippen LogP) is 0.880. The third-order valence-electron chi connectivity index (χ3n) is 2.30. The lowest BCUT2D eigenvalue weighted by Gasteiger charge is -2.16. The van der Waals surface area contributed by atoms with Gasteiger partial charge in [-0.1, -0.05) is 6.07 Å². The molecule has 15 heavy (non-hydrogen) atoms. The fourth-order valence-electron chi connectivity index (χ4n) is 1.68. The molecule has 6 heteroatoms. The molecule has 0 saturated carbocycles. The first-order valence-corrected chi connectivity index (χ1v) is 4.35. The van der Waals surface area contributed by atoms with Crippen LogP contribution in [0.5, 0.6) is 0 Å². The highest BCUT2D eigenvalue weighted by molar-refractivity contribution is 6.16. The molecule has 0 unspecified atom stereocenters. The van der Waals surface area contributed by atoms with E-state index in [0.717, 1.165) is 0 Å². The van der Waals surface area contributed by atoms with Gasteiger partial charge >= 0.3 is 6.03 Å². The molecule has 6 nitrogen and oxygen atoms in total. The molecule has 0 atom stereocenters. The monoisotopic (exact) mass is 202 g/mol. The third-order valence-corrected chi connectivity index (χ3v) is 2.30. The average molecular weight is 202 g/mol. The van der Waals surface area contributed by atoms with Crippen molar-refractivity contribution in [2.24, 2.45) is 0 Å². The predicted molar refractivity (Wildman–Crippen MR) is 55.0 cm³/mol. The number of amides is 2. The zero-order chi connectivity index (χ0) is 10.4. The molecule has 0 fully saturated rings. The second kappa shape index (κ2) is 2.57. The summed E-state index contributed by atoms with van der Waals surface area (Å²) in [7, 11) is 0. The van der Waals surface area contributed by atoms with Crippen LogP contribution in [0.25, 0.3) is 10.8 Å². The Balaban J connectivity index is 2.52. The SMILES string of the molecule is O=C1Nc2cccc3c(=O)[nH]nc(c23)N1. The van der Waals surface area contributed by atoms with Crippen molar-refractivity contribution in [3.63, 3.8) is 0 Å². The van der Waals surface area contributed by atoms with E-state index < -0.39 is 0 Å². The van der Waals surface area contributed by atoms with Crippen LogP contribution in [0.1, 0.15) is 0 Å². The molecule has 2 amide bonds. The quantitative estimate of drug-likeness (QED) is 0.592. The van der Waals surface area contributed by atoms with Gasteiger partial charge in [-0.3, -0.25) is 10.1 Å². The number of hydrogen-bond donors (Lipinski definition) is 3. The minimum atomic E-state index is -0.352. The Labute approximate surface area is 83.3 Å². The lowest BCUT2D eigenvalue weighted by Crippen LogP contribution is -2.26. The maximum Gasteiger partial charge on any atom is 0.324 e. The second-order valence-corrected chi connectivity index (χ2v) is 3.21. The Hall–Kier alpha value is -2.37. The van der Waals surface area contributed by atoms with E-state index in [9.17, 15) is 9.59 Å². The highest BCUT2D eigenvalue weighted by Gasteiger charge is 2.18. The molecule has 0 radical (unpaired) electrons. The number of nitrogens with zero attached hydrogens (tertiary/aromatic N) is 1. The summed E-state index contributed by atoms with van der Waals surface area (Å²) in [6.45, 7) is 0.